The predicted molar refractivity (Wildman–Crippen MR) is 82.4 cm³/mol. The molecular formula is C18H10F5NO3. The molecule has 1 heterocycles. The molecule has 140 valence electrons. The van der Waals surface area contributed by atoms with Gasteiger partial charge >= 0.3 is 12.1 Å². The Morgan fingerprint density at radius 3 is 2.52 bits per heavy atom. The van der Waals surface area contributed by atoms with E-state index >= 15 is 0 Å². The highest BCUT2D eigenvalue weighted by molar-refractivity contribution is 5.91. The molecule has 0 aliphatic rings. The van der Waals surface area contributed by atoms with E-state index in [1.54, 1.807) is 0 Å². The Hall–Kier alpha value is -3.23. The minimum absolute atomic E-state index is 0.0470. The van der Waals surface area contributed by atoms with Gasteiger partial charge in [0, 0.05) is 12.1 Å². The van der Waals surface area contributed by atoms with E-state index in [0.29, 0.717) is 6.07 Å². The lowest BCUT2D eigenvalue weighted by atomic mass is 10.1. The minimum Gasteiger partial charge on any atom is -0.455 e. The summed E-state index contributed by atoms with van der Waals surface area (Å²) in [7, 11) is 0. The van der Waals surface area contributed by atoms with E-state index in [-0.39, 0.29) is 17.0 Å². The van der Waals surface area contributed by atoms with Crippen LogP contribution in [0.3, 0.4) is 0 Å². The van der Waals surface area contributed by atoms with Crippen LogP contribution in [0.25, 0.3) is 11.3 Å². The lowest BCUT2D eigenvalue weighted by molar-refractivity contribution is -0.138. The Morgan fingerprint density at radius 2 is 1.81 bits per heavy atom. The van der Waals surface area contributed by atoms with Gasteiger partial charge in [-0.25, -0.2) is 13.6 Å². The van der Waals surface area contributed by atoms with E-state index in [1.165, 1.54) is 12.1 Å². The van der Waals surface area contributed by atoms with Crippen molar-refractivity contribution in [1.29, 1.82) is 0 Å². The first-order valence-corrected chi connectivity index (χ1v) is 7.50. The summed E-state index contributed by atoms with van der Waals surface area (Å²) in [5, 5.41) is 3.56. The first-order valence-electron chi connectivity index (χ1n) is 7.50. The second-order valence-corrected chi connectivity index (χ2v) is 5.43. The maximum atomic E-state index is 13.7. The molecule has 0 aliphatic heterocycles. The van der Waals surface area contributed by atoms with Crippen molar-refractivity contribution in [1.82, 2.24) is 5.16 Å². The van der Waals surface area contributed by atoms with Crippen LogP contribution < -0.4 is 0 Å². The SMILES string of the molecule is O=C(OCc1cc(-c2ccc(F)cc2F)on1)c1ccccc1C(F)(F)F. The highest BCUT2D eigenvalue weighted by Gasteiger charge is 2.35. The normalized spacial score (nSPS) is 11.4. The van der Waals surface area contributed by atoms with Gasteiger partial charge < -0.3 is 9.26 Å². The third kappa shape index (κ3) is 4.13. The van der Waals surface area contributed by atoms with Crippen molar-refractivity contribution in [2.24, 2.45) is 0 Å². The Balaban J connectivity index is 1.73. The molecule has 0 amide bonds. The number of aromatic nitrogens is 1. The monoisotopic (exact) mass is 383 g/mol. The number of rotatable bonds is 4. The van der Waals surface area contributed by atoms with Gasteiger partial charge in [0.15, 0.2) is 5.76 Å². The summed E-state index contributed by atoms with van der Waals surface area (Å²) in [4.78, 5) is 12.0. The summed E-state index contributed by atoms with van der Waals surface area (Å²) in [6.45, 7) is -0.489. The van der Waals surface area contributed by atoms with Crippen molar-refractivity contribution in [3.8, 4) is 11.3 Å². The fraction of sp³-hybridized carbons (Fsp3) is 0.111. The second kappa shape index (κ2) is 7.18. The van der Waals surface area contributed by atoms with E-state index < -0.39 is 41.5 Å². The molecular weight excluding hydrogens is 373 g/mol. The number of hydrogen-bond acceptors (Lipinski definition) is 4. The summed E-state index contributed by atoms with van der Waals surface area (Å²) in [5.41, 5.74) is -1.78. The van der Waals surface area contributed by atoms with Crippen LogP contribution in [0.4, 0.5) is 22.0 Å². The van der Waals surface area contributed by atoms with E-state index in [4.69, 9.17) is 9.26 Å². The summed E-state index contributed by atoms with van der Waals surface area (Å²) in [6.07, 6.45) is -4.71. The Kier molecular flexibility index (Phi) is 4.93. The molecule has 0 spiro atoms. The van der Waals surface area contributed by atoms with Crippen LogP contribution in [0.1, 0.15) is 21.6 Å². The van der Waals surface area contributed by atoms with Crippen molar-refractivity contribution < 1.29 is 36.0 Å². The summed E-state index contributed by atoms with van der Waals surface area (Å²) >= 11 is 0. The minimum atomic E-state index is -4.71. The number of halogens is 5. The van der Waals surface area contributed by atoms with Crippen LogP contribution in [-0.2, 0) is 17.5 Å². The first-order chi connectivity index (χ1) is 12.8. The third-order valence-corrected chi connectivity index (χ3v) is 3.56. The zero-order chi connectivity index (χ0) is 19.6. The van der Waals surface area contributed by atoms with E-state index in [2.05, 4.69) is 5.16 Å². The Bertz CT molecular complexity index is 981. The maximum Gasteiger partial charge on any atom is 0.417 e. The van der Waals surface area contributed by atoms with Crippen LogP contribution in [0.2, 0.25) is 0 Å². The van der Waals surface area contributed by atoms with E-state index in [0.717, 1.165) is 30.3 Å². The van der Waals surface area contributed by atoms with Gasteiger partial charge in [-0.05, 0) is 24.3 Å². The second-order valence-electron chi connectivity index (χ2n) is 5.43. The predicted octanol–water partition coefficient (Wildman–Crippen LogP) is 5.00. The molecule has 0 atom stereocenters. The Labute approximate surface area is 149 Å². The molecule has 3 rings (SSSR count). The molecule has 1 aromatic heterocycles. The lowest BCUT2D eigenvalue weighted by Crippen LogP contribution is -2.15. The number of hydrogen-bond donors (Lipinski definition) is 0. The zero-order valence-corrected chi connectivity index (χ0v) is 13.4. The number of ether oxygens (including phenoxy) is 1. The summed E-state index contributed by atoms with van der Waals surface area (Å²) in [6, 6.07) is 8.24. The van der Waals surface area contributed by atoms with Crippen LogP contribution in [0, 0.1) is 11.6 Å². The summed E-state index contributed by atoms with van der Waals surface area (Å²) in [5.74, 6) is -2.89. The van der Waals surface area contributed by atoms with Gasteiger partial charge in [0.25, 0.3) is 0 Å². The van der Waals surface area contributed by atoms with Gasteiger partial charge in [0.2, 0.25) is 0 Å². The number of alkyl halides is 3. The maximum absolute atomic E-state index is 13.7. The van der Waals surface area contributed by atoms with Crippen molar-refractivity contribution in [2.45, 2.75) is 12.8 Å². The van der Waals surface area contributed by atoms with E-state index in [1.807, 2.05) is 0 Å². The van der Waals surface area contributed by atoms with E-state index in [9.17, 15) is 26.7 Å². The van der Waals surface area contributed by atoms with Crippen LogP contribution in [0.5, 0.6) is 0 Å². The molecule has 0 unspecified atom stereocenters. The molecule has 0 saturated carbocycles. The largest absolute Gasteiger partial charge is 0.455 e. The molecule has 27 heavy (non-hydrogen) atoms. The standard InChI is InChI=1S/C18H10F5NO3/c19-10-5-6-13(15(20)7-10)16-8-11(24-27-16)9-26-17(25)12-3-1-2-4-14(12)18(21,22)23/h1-8H,9H2. The van der Waals surface area contributed by atoms with Crippen molar-refractivity contribution >= 4 is 5.97 Å². The average Bonchev–Trinajstić information content (AvgIpc) is 3.07. The number of carbonyl (C=O) groups excluding carboxylic acids is 1. The first kappa shape index (κ1) is 18.6. The molecule has 0 N–H and O–H groups in total. The lowest BCUT2D eigenvalue weighted by Gasteiger charge is -2.11. The highest BCUT2D eigenvalue weighted by Crippen LogP contribution is 2.32. The molecule has 0 bridgehead atoms. The Morgan fingerprint density at radius 1 is 1.07 bits per heavy atom. The van der Waals surface area contributed by atoms with Gasteiger partial charge in [-0.3, -0.25) is 0 Å². The van der Waals surface area contributed by atoms with Crippen molar-refractivity contribution in [3.63, 3.8) is 0 Å². The van der Waals surface area contributed by atoms with Crippen molar-refractivity contribution in [3.05, 3.63) is 77.0 Å². The third-order valence-electron chi connectivity index (χ3n) is 3.56. The smallest absolute Gasteiger partial charge is 0.417 e. The fourth-order valence-corrected chi connectivity index (χ4v) is 2.32. The number of esters is 1. The fourth-order valence-electron chi connectivity index (χ4n) is 2.32. The summed E-state index contributed by atoms with van der Waals surface area (Å²) < 4.78 is 75.2. The van der Waals surface area contributed by atoms with Gasteiger partial charge in [0.1, 0.15) is 23.9 Å². The topological polar surface area (TPSA) is 52.3 Å². The molecule has 0 fully saturated rings. The van der Waals surface area contributed by atoms with Gasteiger partial charge in [-0.2, -0.15) is 13.2 Å². The molecule has 4 nitrogen and oxygen atoms in total. The zero-order valence-electron chi connectivity index (χ0n) is 13.4. The quantitative estimate of drug-likeness (QED) is 0.470. The highest BCUT2D eigenvalue weighted by atomic mass is 19.4. The molecule has 0 aliphatic carbocycles. The molecule has 0 radical (unpaired) electrons. The van der Waals surface area contributed by atoms with Gasteiger partial charge in [-0.15, -0.1) is 0 Å². The number of nitrogens with zero attached hydrogens (tertiary/aromatic N) is 1. The van der Waals surface area contributed by atoms with Gasteiger partial charge in [0.05, 0.1) is 16.7 Å². The van der Waals surface area contributed by atoms with Gasteiger partial charge in [-0.1, -0.05) is 17.3 Å². The molecule has 0 saturated heterocycles. The van der Waals surface area contributed by atoms with Crippen molar-refractivity contribution in [2.75, 3.05) is 0 Å². The number of carbonyl (C=O) groups is 1. The van der Waals surface area contributed by atoms with Crippen LogP contribution in [-0.4, -0.2) is 11.1 Å². The molecule has 3 aromatic rings. The number of benzene rings is 2. The van der Waals surface area contributed by atoms with Crippen LogP contribution in [0.15, 0.2) is 53.1 Å². The average molecular weight is 383 g/mol. The van der Waals surface area contributed by atoms with Crippen LogP contribution >= 0.6 is 0 Å². The molecule has 9 heteroatoms. The molecule has 2 aromatic carbocycles.